The smallest absolute Gasteiger partial charge is 0.217 e. The topological polar surface area (TPSA) is 97.3 Å². The molecule has 1 aliphatic rings. The van der Waals surface area contributed by atoms with Crippen LogP contribution in [0.3, 0.4) is 0 Å². The van der Waals surface area contributed by atoms with Crippen LogP contribution in [0.5, 0.6) is 0 Å². The molecule has 1 heterocycles. The number of carbonyl (C=O) groups excluding carboxylic acids is 1. The predicted octanol–water partition coefficient (Wildman–Crippen LogP) is 4.16. The van der Waals surface area contributed by atoms with Gasteiger partial charge in [0.1, 0.15) is 30.0 Å². The fraction of sp³-hybridized carbons (Fsp3) is 0.265. The van der Waals surface area contributed by atoms with Gasteiger partial charge in [-0.05, 0) is 22.3 Å². The van der Waals surface area contributed by atoms with E-state index in [2.05, 4.69) is 5.32 Å². The summed E-state index contributed by atoms with van der Waals surface area (Å²) in [6, 6.07) is 38.2. The first kappa shape index (κ1) is 28.7. The van der Waals surface area contributed by atoms with Crippen LogP contribution >= 0.6 is 0 Å². The van der Waals surface area contributed by atoms with E-state index in [9.17, 15) is 15.0 Å². The molecule has 5 rings (SSSR count). The van der Waals surface area contributed by atoms with Crippen molar-refractivity contribution in [2.45, 2.75) is 49.8 Å². The highest BCUT2D eigenvalue weighted by Gasteiger charge is 2.47. The molecular weight excluding hydrogens is 518 g/mol. The monoisotopic (exact) mass is 553 g/mol. The third kappa shape index (κ3) is 6.40. The van der Waals surface area contributed by atoms with Crippen molar-refractivity contribution < 1.29 is 29.2 Å². The first-order chi connectivity index (χ1) is 20.0. The van der Waals surface area contributed by atoms with Crippen molar-refractivity contribution in [2.75, 3.05) is 6.61 Å². The maximum Gasteiger partial charge on any atom is 0.217 e. The molecule has 1 saturated heterocycles. The lowest BCUT2D eigenvalue weighted by atomic mass is 9.80. The summed E-state index contributed by atoms with van der Waals surface area (Å²) in [6.45, 7) is 1.46. The number of ether oxygens (including phenoxy) is 3. The molecule has 1 aliphatic heterocycles. The van der Waals surface area contributed by atoms with Crippen molar-refractivity contribution in [2.24, 2.45) is 0 Å². The molecule has 0 radical (unpaired) electrons. The molecule has 5 atom stereocenters. The van der Waals surface area contributed by atoms with Crippen molar-refractivity contribution in [3.8, 4) is 0 Å². The van der Waals surface area contributed by atoms with E-state index in [1.54, 1.807) is 0 Å². The Labute approximate surface area is 240 Å². The standard InChI is InChI=1S/C34H35NO6/c1-24(36)35-30-32(38)31(37)29(41-33(30)39-22-25-14-6-2-7-15-25)23-40-34(26-16-8-3-9-17-26,27-18-10-4-11-19-27)28-20-12-5-13-21-28/h2-21,29-33,37-38H,22-23H2,1H3,(H,35,36)/t29-,30+,31-,32-,33-/m1/s1. The quantitative estimate of drug-likeness (QED) is 0.255. The van der Waals surface area contributed by atoms with Crippen LogP contribution in [0.15, 0.2) is 121 Å². The van der Waals surface area contributed by atoms with Crippen molar-refractivity contribution in [1.82, 2.24) is 5.32 Å². The molecule has 7 nitrogen and oxygen atoms in total. The summed E-state index contributed by atoms with van der Waals surface area (Å²) in [5, 5.41) is 25.0. The van der Waals surface area contributed by atoms with Gasteiger partial charge in [-0.2, -0.15) is 0 Å². The molecule has 7 heteroatoms. The second-order valence-corrected chi connectivity index (χ2v) is 10.1. The van der Waals surface area contributed by atoms with Gasteiger partial charge in [-0.3, -0.25) is 4.79 Å². The molecule has 4 aromatic rings. The molecule has 212 valence electrons. The Kier molecular flexibility index (Phi) is 9.24. The number of aliphatic hydroxyl groups excluding tert-OH is 2. The number of amides is 1. The number of benzene rings is 4. The Balaban J connectivity index is 1.47. The minimum absolute atomic E-state index is 0.0745. The predicted molar refractivity (Wildman–Crippen MR) is 155 cm³/mol. The SMILES string of the molecule is CC(=O)N[C@@H]1[C@H](OCc2ccccc2)O[C@H](COC(c2ccccc2)(c2ccccc2)c2ccccc2)[C@@H](O)[C@@H]1O. The van der Waals surface area contributed by atoms with E-state index in [-0.39, 0.29) is 19.1 Å². The zero-order valence-electron chi connectivity index (χ0n) is 22.9. The first-order valence-corrected chi connectivity index (χ1v) is 13.7. The third-order valence-corrected chi connectivity index (χ3v) is 7.33. The highest BCUT2D eigenvalue weighted by Crippen LogP contribution is 2.41. The summed E-state index contributed by atoms with van der Waals surface area (Å²) in [5.41, 5.74) is 2.57. The normalized spacial score (nSPS) is 22.7. The lowest BCUT2D eigenvalue weighted by Gasteiger charge is -2.44. The highest BCUT2D eigenvalue weighted by atomic mass is 16.7. The molecule has 0 aromatic heterocycles. The molecular formula is C34H35NO6. The molecule has 4 aromatic carbocycles. The Hall–Kier alpha value is -3.85. The molecule has 41 heavy (non-hydrogen) atoms. The van der Waals surface area contributed by atoms with Gasteiger partial charge in [0.2, 0.25) is 5.91 Å². The van der Waals surface area contributed by atoms with E-state index in [4.69, 9.17) is 14.2 Å². The molecule has 1 amide bonds. The lowest BCUT2D eigenvalue weighted by Crippen LogP contribution is -2.64. The summed E-state index contributed by atoms with van der Waals surface area (Å²) in [4.78, 5) is 12.0. The van der Waals surface area contributed by atoms with Crippen molar-refractivity contribution in [1.29, 1.82) is 0 Å². The number of nitrogens with one attached hydrogen (secondary N) is 1. The number of rotatable bonds is 10. The summed E-state index contributed by atoms with van der Waals surface area (Å²) >= 11 is 0. The highest BCUT2D eigenvalue weighted by molar-refractivity contribution is 5.73. The largest absolute Gasteiger partial charge is 0.388 e. The van der Waals surface area contributed by atoms with Gasteiger partial charge in [-0.25, -0.2) is 0 Å². The van der Waals surface area contributed by atoms with E-state index in [0.717, 1.165) is 22.3 Å². The van der Waals surface area contributed by atoms with Gasteiger partial charge in [-0.1, -0.05) is 121 Å². The number of hydrogen-bond acceptors (Lipinski definition) is 6. The molecule has 1 fully saturated rings. The Morgan fingerprint density at radius 1 is 0.756 bits per heavy atom. The Bertz CT molecular complexity index is 1270. The van der Waals surface area contributed by atoms with Crippen LogP contribution in [0.4, 0.5) is 0 Å². The minimum atomic E-state index is -1.35. The van der Waals surface area contributed by atoms with Crippen molar-refractivity contribution in [3.63, 3.8) is 0 Å². The average Bonchev–Trinajstić information content (AvgIpc) is 3.02. The maximum absolute atomic E-state index is 12.0. The molecule has 0 saturated carbocycles. The van der Waals surface area contributed by atoms with E-state index >= 15 is 0 Å². The van der Waals surface area contributed by atoms with E-state index in [0.29, 0.717) is 0 Å². The number of carbonyl (C=O) groups is 1. The summed E-state index contributed by atoms with van der Waals surface area (Å²) in [7, 11) is 0. The fourth-order valence-electron chi connectivity index (χ4n) is 5.33. The van der Waals surface area contributed by atoms with Gasteiger partial charge >= 0.3 is 0 Å². The summed E-state index contributed by atoms with van der Waals surface area (Å²) in [5.74, 6) is -0.371. The molecule has 0 aliphatic carbocycles. The van der Waals surface area contributed by atoms with Gasteiger partial charge in [0, 0.05) is 6.92 Å². The van der Waals surface area contributed by atoms with Gasteiger partial charge in [0.15, 0.2) is 6.29 Å². The van der Waals surface area contributed by atoms with Gasteiger partial charge in [-0.15, -0.1) is 0 Å². The van der Waals surface area contributed by atoms with Crippen LogP contribution in [-0.4, -0.2) is 53.4 Å². The molecule has 3 N–H and O–H groups in total. The Morgan fingerprint density at radius 3 is 1.68 bits per heavy atom. The van der Waals surface area contributed by atoms with Crippen LogP contribution < -0.4 is 5.32 Å². The Morgan fingerprint density at radius 2 is 1.22 bits per heavy atom. The third-order valence-electron chi connectivity index (χ3n) is 7.33. The second-order valence-electron chi connectivity index (χ2n) is 10.1. The lowest BCUT2D eigenvalue weighted by molar-refractivity contribution is -0.279. The first-order valence-electron chi connectivity index (χ1n) is 13.7. The van der Waals surface area contributed by atoms with E-state index in [1.807, 2.05) is 121 Å². The zero-order valence-corrected chi connectivity index (χ0v) is 22.9. The maximum atomic E-state index is 12.0. The van der Waals surface area contributed by atoms with Crippen LogP contribution in [0, 0.1) is 0 Å². The van der Waals surface area contributed by atoms with Crippen LogP contribution in [-0.2, 0) is 31.2 Å². The zero-order chi connectivity index (χ0) is 28.7. The van der Waals surface area contributed by atoms with Gasteiger partial charge in [0.05, 0.1) is 13.2 Å². The molecule has 0 bridgehead atoms. The molecule has 0 unspecified atom stereocenters. The second kappa shape index (κ2) is 13.2. The summed E-state index contributed by atoms with van der Waals surface area (Å²) < 4.78 is 19.1. The fourth-order valence-corrected chi connectivity index (χ4v) is 5.33. The van der Waals surface area contributed by atoms with Crippen molar-refractivity contribution in [3.05, 3.63) is 144 Å². The van der Waals surface area contributed by atoms with Gasteiger partial charge < -0.3 is 29.7 Å². The number of aliphatic hydroxyl groups is 2. The van der Waals surface area contributed by atoms with Gasteiger partial charge in [0.25, 0.3) is 0 Å². The summed E-state index contributed by atoms with van der Waals surface area (Å²) in [6.07, 6.45) is -4.66. The van der Waals surface area contributed by atoms with E-state index in [1.165, 1.54) is 6.92 Å². The van der Waals surface area contributed by atoms with Crippen LogP contribution in [0.25, 0.3) is 0 Å². The van der Waals surface area contributed by atoms with Crippen LogP contribution in [0.2, 0.25) is 0 Å². The molecule has 0 spiro atoms. The number of hydrogen-bond donors (Lipinski definition) is 3. The van der Waals surface area contributed by atoms with E-state index < -0.39 is 36.2 Å². The minimum Gasteiger partial charge on any atom is -0.388 e. The van der Waals surface area contributed by atoms with Crippen LogP contribution in [0.1, 0.15) is 29.2 Å². The average molecular weight is 554 g/mol. The van der Waals surface area contributed by atoms with Crippen molar-refractivity contribution >= 4 is 5.91 Å².